The zero-order chi connectivity index (χ0) is 15.8. The lowest BCUT2D eigenvalue weighted by molar-refractivity contribution is 0.102. The van der Waals surface area contributed by atoms with Crippen LogP contribution < -0.4 is 10.6 Å². The standard InChI is InChI=1S/C17H22N4O/c1-3-5-10-18-16-12-19-15(11-20-16)17(22)21-14-9-7-6-8-13(14)4-2/h6-9,11-12H,3-5,10H2,1-2H3,(H,18,20)(H,21,22). The highest BCUT2D eigenvalue weighted by Crippen LogP contribution is 2.16. The van der Waals surface area contributed by atoms with Gasteiger partial charge in [0.2, 0.25) is 0 Å². The van der Waals surface area contributed by atoms with Crippen molar-refractivity contribution in [2.75, 3.05) is 17.2 Å². The van der Waals surface area contributed by atoms with Crippen molar-refractivity contribution in [2.45, 2.75) is 33.1 Å². The van der Waals surface area contributed by atoms with Crippen LogP contribution in [0.25, 0.3) is 0 Å². The van der Waals surface area contributed by atoms with Gasteiger partial charge in [-0.15, -0.1) is 0 Å². The molecule has 0 aliphatic carbocycles. The Labute approximate surface area is 131 Å². The predicted molar refractivity (Wildman–Crippen MR) is 89.2 cm³/mol. The van der Waals surface area contributed by atoms with Crippen molar-refractivity contribution < 1.29 is 4.79 Å². The van der Waals surface area contributed by atoms with Crippen LogP contribution in [0.4, 0.5) is 11.5 Å². The fourth-order valence-electron chi connectivity index (χ4n) is 2.07. The number of nitrogens with one attached hydrogen (secondary N) is 2. The van der Waals surface area contributed by atoms with Crippen LogP contribution in [0.5, 0.6) is 0 Å². The molecule has 0 aliphatic rings. The average molecular weight is 298 g/mol. The third kappa shape index (κ3) is 4.28. The van der Waals surface area contributed by atoms with E-state index >= 15 is 0 Å². The van der Waals surface area contributed by atoms with Crippen molar-refractivity contribution >= 4 is 17.4 Å². The highest BCUT2D eigenvalue weighted by atomic mass is 16.1. The van der Waals surface area contributed by atoms with E-state index in [1.165, 1.54) is 6.20 Å². The number of aryl methyl sites for hydroxylation is 1. The maximum atomic E-state index is 12.2. The van der Waals surface area contributed by atoms with Gasteiger partial charge in [0.15, 0.2) is 0 Å². The van der Waals surface area contributed by atoms with Crippen LogP contribution in [0.15, 0.2) is 36.7 Å². The van der Waals surface area contributed by atoms with Gasteiger partial charge in [-0.2, -0.15) is 0 Å². The zero-order valence-electron chi connectivity index (χ0n) is 13.1. The largest absolute Gasteiger partial charge is 0.369 e. The van der Waals surface area contributed by atoms with E-state index in [4.69, 9.17) is 0 Å². The average Bonchev–Trinajstić information content (AvgIpc) is 2.56. The number of para-hydroxylation sites is 1. The monoisotopic (exact) mass is 298 g/mol. The summed E-state index contributed by atoms with van der Waals surface area (Å²) in [7, 11) is 0. The number of benzene rings is 1. The van der Waals surface area contributed by atoms with E-state index in [-0.39, 0.29) is 5.91 Å². The number of hydrogen-bond acceptors (Lipinski definition) is 4. The van der Waals surface area contributed by atoms with Crippen molar-refractivity contribution in [3.05, 3.63) is 47.9 Å². The Hall–Kier alpha value is -2.43. The first-order valence-corrected chi connectivity index (χ1v) is 7.69. The van der Waals surface area contributed by atoms with E-state index in [0.717, 1.165) is 37.1 Å². The Morgan fingerprint density at radius 3 is 2.64 bits per heavy atom. The number of unbranched alkanes of at least 4 members (excludes halogenated alkanes) is 1. The van der Waals surface area contributed by atoms with Gasteiger partial charge in [0.25, 0.3) is 5.91 Å². The molecule has 2 N–H and O–H groups in total. The van der Waals surface area contributed by atoms with Gasteiger partial charge in [-0.1, -0.05) is 38.5 Å². The van der Waals surface area contributed by atoms with E-state index < -0.39 is 0 Å². The molecule has 0 fully saturated rings. The van der Waals surface area contributed by atoms with E-state index in [2.05, 4.69) is 34.4 Å². The van der Waals surface area contributed by atoms with Gasteiger partial charge in [-0.05, 0) is 24.5 Å². The van der Waals surface area contributed by atoms with Crippen LogP contribution in [0.2, 0.25) is 0 Å². The number of aromatic nitrogens is 2. The molecule has 116 valence electrons. The van der Waals surface area contributed by atoms with Gasteiger partial charge in [0, 0.05) is 12.2 Å². The summed E-state index contributed by atoms with van der Waals surface area (Å²) in [6.45, 7) is 5.05. The normalized spacial score (nSPS) is 10.3. The Bertz CT molecular complexity index is 610. The lowest BCUT2D eigenvalue weighted by atomic mass is 10.1. The number of nitrogens with zero attached hydrogens (tertiary/aromatic N) is 2. The SMILES string of the molecule is CCCCNc1cnc(C(=O)Nc2ccccc2CC)cn1. The quantitative estimate of drug-likeness (QED) is 0.768. The number of hydrogen-bond donors (Lipinski definition) is 2. The molecule has 0 atom stereocenters. The molecule has 0 saturated carbocycles. The Balaban J connectivity index is 2.00. The molecule has 0 saturated heterocycles. The molecule has 0 aliphatic heterocycles. The maximum Gasteiger partial charge on any atom is 0.275 e. The third-order valence-electron chi connectivity index (χ3n) is 3.37. The second kappa shape index (κ2) is 8.12. The summed E-state index contributed by atoms with van der Waals surface area (Å²) in [5, 5.41) is 6.06. The fourth-order valence-corrected chi connectivity index (χ4v) is 2.07. The lowest BCUT2D eigenvalue weighted by Crippen LogP contribution is -2.15. The molecule has 0 radical (unpaired) electrons. The molecule has 0 unspecified atom stereocenters. The summed E-state index contributed by atoms with van der Waals surface area (Å²) in [5.74, 6) is 0.451. The smallest absolute Gasteiger partial charge is 0.275 e. The molecular formula is C17H22N4O. The lowest BCUT2D eigenvalue weighted by Gasteiger charge is -2.09. The van der Waals surface area contributed by atoms with Gasteiger partial charge in [-0.3, -0.25) is 4.79 Å². The first-order valence-electron chi connectivity index (χ1n) is 7.69. The molecule has 0 bridgehead atoms. The fraction of sp³-hybridized carbons (Fsp3) is 0.353. The first-order chi connectivity index (χ1) is 10.7. The van der Waals surface area contributed by atoms with E-state index in [9.17, 15) is 4.79 Å². The van der Waals surface area contributed by atoms with Crippen molar-refractivity contribution in [3.8, 4) is 0 Å². The molecule has 2 aromatic rings. The van der Waals surface area contributed by atoms with Crippen LogP contribution in [-0.4, -0.2) is 22.4 Å². The number of carbonyl (C=O) groups is 1. The second-order valence-electron chi connectivity index (χ2n) is 5.03. The summed E-state index contributed by atoms with van der Waals surface area (Å²) in [4.78, 5) is 20.6. The topological polar surface area (TPSA) is 66.9 Å². The highest BCUT2D eigenvalue weighted by molar-refractivity contribution is 6.03. The van der Waals surface area contributed by atoms with Gasteiger partial charge in [-0.25, -0.2) is 9.97 Å². The number of amides is 1. The first kappa shape index (κ1) is 15.9. The van der Waals surface area contributed by atoms with Crippen molar-refractivity contribution in [2.24, 2.45) is 0 Å². The van der Waals surface area contributed by atoms with Gasteiger partial charge >= 0.3 is 0 Å². The predicted octanol–water partition coefficient (Wildman–Crippen LogP) is 3.50. The van der Waals surface area contributed by atoms with Gasteiger partial charge < -0.3 is 10.6 Å². The van der Waals surface area contributed by atoms with Gasteiger partial charge in [0.1, 0.15) is 11.5 Å². The molecular weight excluding hydrogens is 276 g/mol. The second-order valence-corrected chi connectivity index (χ2v) is 5.03. The molecule has 2 rings (SSSR count). The van der Waals surface area contributed by atoms with E-state index in [1.807, 2.05) is 24.3 Å². The molecule has 22 heavy (non-hydrogen) atoms. The Kier molecular flexibility index (Phi) is 5.89. The Morgan fingerprint density at radius 2 is 1.95 bits per heavy atom. The molecule has 5 nitrogen and oxygen atoms in total. The maximum absolute atomic E-state index is 12.2. The minimum Gasteiger partial charge on any atom is -0.369 e. The minimum absolute atomic E-state index is 0.242. The number of anilines is 2. The molecule has 0 spiro atoms. The third-order valence-corrected chi connectivity index (χ3v) is 3.37. The summed E-state index contributed by atoms with van der Waals surface area (Å²) < 4.78 is 0. The van der Waals surface area contributed by atoms with Crippen LogP contribution in [0, 0.1) is 0 Å². The highest BCUT2D eigenvalue weighted by Gasteiger charge is 2.10. The summed E-state index contributed by atoms with van der Waals surface area (Å²) in [5.41, 5.74) is 2.23. The number of carbonyl (C=O) groups excluding carboxylic acids is 1. The summed E-state index contributed by atoms with van der Waals surface area (Å²) >= 11 is 0. The molecule has 1 heterocycles. The number of rotatable bonds is 7. The van der Waals surface area contributed by atoms with Gasteiger partial charge in [0.05, 0.1) is 12.4 Å². The van der Waals surface area contributed by atoms with Crippen LogP contribution in [-0.2, 0) is 6.42 Å². The zero-order valence-corrected chi connectivity index (χ0v) is 13.1. The molecule has 5 heteroatoms. The van der Waals surface area contributed by atoms with E-state index in [1.54, 1.807) is 6.20 Å². The summed E-state index contributed by atoms with van der Waals surface area (Å²) in [6.07, 6.45) is 6.16. The van der Waals surface area contributed by atoms with Crippen molar-refractivity contribution in [1.29, 1.82) is 0 Å². The van der Waals surface area contributed by atoms with E-state index in [0.29, 0.717) is 11.5 Å². The molecule has 1 aromatic carbocycles. The van der Waals surface area contributed by atoms with Crippen molar-refractivity contribution in [1.82, 2.24) is 9.97 Å². The van der Waals surface area contributed by atoms with Crippen LogP contribution >= 0.6 is 0 Å². The summed E-state index contributed by atoms with van der Waals surface area (Å²) in [6, 6.07) is 7.76. The molecule has 1 aromatic heterocycles. The minimum atomic E-state index is -0.242. The van der Waals surface area contributed by atoms with Crippen LogP contribution in [0.3, 0.4) is 0 Å². The van der Waals surface area contributed by atoms with Crippen LogP contribution in [0.1, 0.15) is 42.7 Å². The molecule has 1 amide bonds. The van der Waals surface area contributed by atoms with Crippen molar-refractivity contribution in [3.63, 3.8) is 0 Å². The Morgan fingerprint density at radius 1 is 1.14 bits per heavy atom.